The average Bonchev–Trinajstić information content (AvgIpc) is 2.73. The quantitative estimate of drug-likeness (QED) is 0.819. The van der Waals surface area contributed by atoms with Gasteiger partial charge in [0.25, 0.3) is 0 Å². The minimum absolute atomic E-state index is 0.196. The van der Waals surface area contributed by atoms with Crippen molar-refractivity contribution in [1.82, 2.24) is 4.90 Å². The molecule has 0 aliphatic carbocycles. The van der Waals surface area contributed by atoms with Crippen molar-refractivity contribution in [3.8, 4) is 0 Å². The lowest BCUT2D eigenvalue weighted by atomic mass is 9.85. The molecule has 2 aliphatic heterocycles. The van der Waals surface area contributed by atoms with Crippen LogP contribution < -0.4 is 0 Å². The molecule has 1 N–H and O–H groups in total. The second-order valence-corrected chi connectivity index (χ2v) is 6.51. The van der Waals surface area contributed by atoms with Gasteiger partial charge in [0.2, 0.25) is 0 Å². The fourth-order valence-electron chi connectivity index (χ4n) is 2.93. The highest BCUT2D eigenvalue weighted by Gasteiger charge is 2.28. The van der Waals surface area contributed by atoms with E-state index in [9.17, 15) is 5.11 Å². The molecule has 100 valence electrons. The zero-order valence-electron chi connectivity index (χ0n) is 11.3. The predicted octanol–water partition coefficient (Wildman–Crippen LogP) is 1.90. The van der Waals surface area contributed by atoms with E-state index in [1.807, 2.05) is 0 Å². The van der Waals surface area contributed by atoms with E-state index in [-0.39, 0.29) is 6.10 Å². The number of likely N-dealkylation sites (tertiary alicyclic amines) is 1. The Labute approximate surface area is 105 Å². The molecule has 2 heterocycles. The minimum Gasteiger partial charge on any atom is -0.391 e. The molecule has 2 atom stereocenters. The highest BCUT2D eigenvalue weighted by atomic mass is 16.5. The smallest absolute Gasteiger partial charge is 0.0718 e. The Bertz CT molecular complexity index is 236. The van der Waals surface area contributed by atoms with Crippen LogP contribution in [-0.2, 0) is 4.74 Å². The van der Waals surface area contributed by atoms with Crippen molar-refractivity contribution in [2.75, 3.05) is 32.8 Å². The number of hydrogen-bond donors (Lipinski definition) is 1. The van der Waals surface area contributed by atoms with Gasteiger partial charge < -0.3 is 14.7 Å². The number of rotatable bonds is 3. The van der Waals surface area contributed by atoms with Gasteiger partial charge in [-0.1, -0.05) is 13.8 Å². The van der Waals surface area contributed by atoms with Crippen molar-refractivity contribution < 1.29 is 9.84 Å². The van der Waals surface area contributed by atoms with Crippen molar-refractivity contribution >= 4 is 0 Å². The Hall–Kier alpha value is -0.120. The molecule has 0 aromatic rings. The molecular formula is C14H27NO2. The van der Waals surface area contributed by atoms with Gasteiger partial charge in [0.15, 0.2) is 0 Å². The van der Waals surface area contributed by atoms with E-state index in [1.54, 1.807) is 0 Å². The minimum atomic E-state index is -0.196. The Morgan fingerprint density at radius 2 is 2.18 bits per heavy atom. The van der Waals surface area contributed by atoms with Gasteiger partial charge in [-0.25, -0.2) is 0 Å². The summed E-state index contributed by atoms with van der Waals surface area (Å²) in [4.78, 5) is 2.44. The first-order valence-electron chi connectivity index (χ1n) is 7.05. The summed E-state index contributed by atoms with van der Waals surface area (Å²) in [6, 6.07) is 0. The van der Waals surface area contributed by atoms with E-state index in [2.05, 4.69) is 18.7 Å². The van der Waals surface area contributed by atoms with Gasteiger partial charge in [-0.05, 0) is 44.2 Å². The standard InChI is InChI=1S/C14H27NO2/c1-14(2)5-3-7-15(8-6-14)10-13(16)12-4-9-17-11-12/h12-13,16H,3-11H2,1-2H3. The van der Waals surface area contributed by atoms with Crippen LogP contribution in [0.2, 0.25) is 0 Å². The third kappa shape index (κ3) is 3.94. The SMILES string of the molecule is CC1(C)CCCN(CC(O)C2CCOC2)CC1. The maximum absolute atomic E-state index is 10.2. The van der Waals surface area contributed by atoms with Crippen molar-refractivity contribution in [2.45, 2.75) is 45.6 Å². The molecule has 2 rings (SSSR count). The van der Waals surface area contributed by atoms with E-state index in [0.29, 0.717) is 11.3 Å². The molecule has 2 aliphatic rings. The Kier molecular flexibility index (Phi) is 4.45. The number of nitrogens with zero attached hydrogens (tertiary/aromatic N) is 1. The van der Waals surface area contributed by atoms with Crippen LogP contribution in [0.4, 0.5) is 0 Å². The normalized spacial score (nSPS) is 32.3. The van der Waals surface area contributed by atoms with Crippen molar-refractivity contribution in [2.24, 2.45) is 11.3 Å². The lowest BCUT2D eigenvalue weighted by molar-refractivity contribution is 0.0560. The summed E-state index contributed by atoms with van der Waals surface area (Å²) in [5.74, 6) is 0.367. The Balaban J connectivity index is 1.78. The first-order valence-corrected chi connectivity index (χ1v) is 7.05. The summed E-state index contributed by atoms with van der Waals surface area (Å²) < 4.78 is 5.35. The van der Waals surface area contributed by atoms with E-state index >= 15 is 0 Å². The molecule has 0 spiro atoms. The van der Waals surface area contributed by atoms with E-state index in [1.165, 1.54) is 19.3 Å². The summed E-state index contributed by atoms with van der Waals surface area (Å²) in [5, 5.41) is 10.2. The summed E-state index contributed by atoms with van der Waals surface area (Å²) in [6.45, 7) is 9.42. The molecule has 0 radical (unpaired) electrons. The van der Waals surface area contributed by atoms with Crippen LogP contribution in [0.15, 0.2) is 0 Å². The van der Waals surface area contributed by atoms with Crippen LogP contribution in [-0.4, -0.2) is 49.0 Å². The number of aliphatic hydroxyl groups is 1. The summed E-state index contributed by atoms with van der Waals surface area (Å²) in [7, 11) is 0. The summed E-state index contributed by atoms with van der Waals surface area (Å²) in [6.07, 6.45) is 4.66. The third-order valence-electron chi connectivity index (χ3n) is 4.39. The molecule has 2 fully saturated rings. The van der Waals surface area contributed by atoms with Crippen LogP contribution in [0.1, 0.15) is 39.5 Å². The number of hydrogen-bond acceptors (Lipinski definition) is 3. The molecule has 17 heavy (non-hydrogen) atoms. The van der Waals surface area contributed by atoms with Crippen LogP contribution in [0.25, 0.3) is 0 Å². The predicted molar refractivity (Wildman–Crippen MR) is 69.0 cm³/mol. The van der Waals surface area contributed by atoms with E-state index in [4.69, 9.17) is 4.74 Å². The topological polar surface area (TPSA) is 32.7 Å². The number of β-amino-alcohol motifs (C(OH)–C–C–N with tert-alkyl or cyclic N) is 1. The first kappa shape index (κ1) is 13.3. The second-order valence-electron chi connectivity index (χ2n) is 6.51. The molecule has 0 saturated carbocycles. The molecule has 0 amide bonds. The maximum Gasteiger partial charge on any atom is 0.0718 e. The molecular weight excluding hydrogens is 214 g/mol. The molecule has 3 heteroatoms. The van der Waals surface area contributed by atoms with Crippen molar-refractivity contribution in [3.05, 3.63) is 0 Å². The Morgan fingerprint density at radius 3 is 2.88 bits per heavy atom. The summed E-state index contributed by atoms with van der Waals surface area (Å²) >= 11 is 0. The molecule has 0 aromatic heterocycles. The van der Waals surface area contributed by atoms with Gasteiger partial charge in [0.1, 0.15) is 0 Å². The zero-order chi connectivity index (χ0) is 12.3. The van der Waals surface area contributed by atoms with E-state index < -0.39 is 0 Å². The monoisotopic (exact) mass is 241 g/mol. The average molecular weight is 241 g/mol. The van der Waals surface area contributed by atoms with Crippen LogP contribution in [0.5, 0.6) is 0 Å². The highest BCUT2D eigenvalue weighted by Crippen LogP contribution is 2.30. The largest absolute Gasteiger partial charge is 0.391 e. The third-order valence-corrected chi connectivity index (χ3v) is 4.39. The first-order chi connectivity index (χ1) is 8.07. The van der Waals surface area contributed by atoms with Crippen molar-refractivity contribution in [1.29, 1.82) is 0 Å². The molecule has 3 nitrogen and oxygen atoms in total. The molecule has 2 unspecified atom stereocenters. The fraction of sp³-hybridized carbons (Fsp3) is 1.00. The molecule has 0 aromatic carbocycles. The lowest BCUT2D eigenvalue weighted by Gasteiger charge is -2.27. The Morgan fingerprint density at radius 1 is 1.35 bits per heavy atom. The summed E-state index contributed by atoms with van der Waals surface area (Å²) in [5.41, 5.74) is 0.482. The number of ether oxygens (including phenoxy) is 1. The maximum atomic E-state index is 10.2. The second kappa shape index (κ2) is 5.68. The van der Waals surface area contributed by atoms with Gasteiger partial charge in [0.05, 0.1) is 12.7 Å². The highest BCUT2D eigenvalue weighted by molar-refractivity contribution is 4.80. The lowest BCUT2D eigenvalue weighted by Crippen LogP contribution is -2.37. The van der Waals surface area contributed by atoms with Gasteiger partial charge in [0, 0.05) is 19.1 Å². The van der Waals surface area contributed by atoms with Gasteiger partial charge in [-0.15, -0.1) is 0 Å². The van der Waals surface area contributed by atoms with Crippen LogP contribution >= 0.6 is 0 Å². The molecule has 2 saturated heterocycles. The molecule has 0 bridgehead atoms. The fourth-order valence-corrected chi connectivity index (χ4v) is 2.93. The van der Waals surface area contributed by atoms with Gasteiger partial charge in [-0.3, -0.25) is 0 Å². The van der Waals surface area contributed by atoms with Gasteiger partial charge >= 0.3 is 0 Å². The van der Waals surface area contributed by atoms with Crippen LogP contribution in [0, 0.1) is 11.3 Å². The van der Waals surface area contributed by atoms with E-state index in [0.717, 1.165) is 39.3 Å². The number of aliphatic hydroxyl groups excluding tert-OH is 1. The zero-order valence-corrected chi connectivity index (χ0v) is 11.3. The van der Waals surface area contributed by atoms with Crippen molar-refractivity contribution in [3.63, 3.8) is 0 Å². The van der Waals surface area contributed by atoms with Crippen LogP contribution in [0.3, 0.4) is 0 Å². The van der Waals surface area contributed by atoms with Gasteiger partial charge in [-0.2, -0.15) is 0 Å².